The van der Waals surface area contributed by atoms with Gasteiger partial charge in [0.2, 0.25) is 0 Å². The summed E-state index contributed by atoms with van der Waals surface area (Å²) in [6, 6.07) is 21.1. The van der Waals surface area contributed by atoms with E-state index >= 15 is 0 Å². The van der Waals surface area contributed by atoms with E-state index < -0.39 is 0 Å². The molecule has 0 unspecified atom stereocenters. The van der Waals surface area contributed by atoms with Crippen LogP contribution in [0, 0.1) is 0 Å². The molecule has 2 N–H and O–H groups in total. The fourth-order valence-electron chi connectivity index (χ4n) is 5.73. The standard InChI is InChI=1S/C28H35N5O/c1-32(23-11-15-29-16-12-23)21-28(22-7-3-2-4-8-22)13-17-33(18-14-28)24-19-26(31-30-20-24)25-9-5-6-10-27(25)34/h2-10,19-20,23,29,34H,11-18,21H2,1H3. The normalized spacial score (nSPS) is 18.8. The fourth-order valence-corrected chi connectivity index (χ4v) is 5.73. The minimum atomic E-state index is 0.151. The van der Waals surface area contributed by atoms with Crippen molar-refractivity contribution >= 4 is 5.69 Å². The van der Waals surface area contributed by atoms with Gasteiger partial charge in [-0.25, -0.2) is 0 Å². The second-order valence-corrected chi connectivity index (χ2v) is 9.85. The van der Waals surface area contributed by atoms with Crippen molar-refractivity contribution in [3.8, 4) is 17.0 Å². The Labute approximate surface area is 202 Å². The Kier molecular flexibility index (Phi) is 6.79. The Morgan fingerprint density at radius 1 is 1.03 bits per heavy atom. The molecule has 6 nitrogen and oxygen atoms in total. The Balaban J connectivity index is 1.35. The molecule has 2 saturated heterocycles. The molecule has 2 fully saturated rings. The van der Waals surface area contributed by atoms with E-state index in [-0.39, 0.29) is 11.2 Å². The third kappa shape index (κ3) is 4.79. The molecule has 0 amide bonds. The number of hydrogen-bond donors (Lipinski definition) is 2. The van der Waals surface area contributed by atoms with Crippen LogP contribution in [0.25, 0.3) is 11.3 Å². The molecule has 0 spiro atoms. The molecule has 178 valence electrons. The molecule has 34 heavy (non-hydrogen) atoms. The highest BCUT2D eigenvalue weighted by Gasteiger charge is 2.38. The molecular formula is C28H35N5O. The number of aromatic nitrogens is 2. The summed E-state index contributed by atoms with van der Waals surface area (Å²) in [6.45, 7) is 5.28. The van der Waals surface area contributed by atoms with Gasteiger partial charge in [0.15, 0.2) is 0 Å². The van der Waals surface area contributed by atoms with Gasteiger partial charge in [-0.2, -0.15) is 10.2 Å². The third-order valence-corrected chi connectivity index (χ3v) is 7.78. The maximum absolute atomic E-state index is 10.3. The van der Waals surface area contributed by atoms with Gasteiger partial charge in [0, 0.05) is 36.7 Å². The van der Waals surface area contributed by atoms with E-state index in [1.807, 2.05) is 24.4 Å². The van der Waals surface area contributed by atoms with Gasteiger partial charge in [-0.15, -0.1) is 0 Å². The van der Waals surface area contributed by atoms with Crippen LogP contribution in [0.4, 0.5) is 5.69 Å². The Morgan fingerprint density at radius 3 is 2.47 bits per heavy atom. The minimum absolute atomic E-state index is 0.151. The van der Waals surface area contributed by atoms with Crippen molar-refractivity contribution in [1.82, 2.24) is 20.4 Å². The first-order valence-corrected chi connectivity index (χ1v) is 12.5. The van der Waals surface area contributed by atoms with Gasteiger partial charge < -0.3 is 20.2 Å². The van der Waals surface area contributed by atoms with E-state index in [0.29, 0.717) is 11.7 Å². The molecule has 0 atom stereocenters. The summed E-state index contributed by atoms with van der Waals surface area (Å²) < 4.78 is 0. The van der Waals surface area contributed by atoms with E-state index in [9.17, 15) is 5.11 Å². The topological polar surface area (TPSA) is 64.5 Å². The maximum Gasteiger partial charge on any atom is 0.125 e. The van der Waals surface area contributed by atoms with Crippen molar-refractivity contribution in [3.63, 3.8) is 0 Å². The number of phenolic OH excluding ortho intramolecular Hbond substituents is 1. The van der Waals surface area contributed by atoms with Crippen molar-refractivity contribution < 1.29 is 5.11 Å². The highest BCUT2D eigenvalue weighted by Crippen LogP contribution is 2.39. The predicted molar refractivity (Wildman–Crippen MR) is 137 cm³/mol. The van der Waals surface area contributed by atoms with Gasteiger partial charge in [-0.1, -0.05) is 42.5 Å². The zero-order valence-electron chi connectivity index (χ0n) is 20.0. The quantitative estimate of drug-likeness (QED) is 0.582. The van der Waals surface area contributed by atoms with Crippen LogP contribution >= 0.6 is 0 Å². The fraction of sp³-hybridized carbons (Fsp3) is 0.429. The highest BCUT2D eigenvalue weighted by atomic mass is 16.3. The zero-order valence-corrected chi connectivity index (χ0v) is 20.0. The molecule has 2 aromatic carbocycles. The average molecular weight is 458 g/mol. The van der Waals surface area contributed by atoms with Gasteiger partial charge in [0.25, 0.3) is 0 Å². The number of rotatable bonds is 6. The first kappa shape index (κ1) is 22.8. The number of likely N-dealkylation sites (N-methyl/N-ethyl adjacent to an activating group) is 1. The van der Waals surface area contributed by atoms with Crippen molar-refractivity contribution in [3.05, 3.63) is 72.4 Å². The number of aromatic hydroxyl groups is 1. The van der Waals surface area contributed by atoms with E-state index in [2.05, 4.69) is 68.8 Å². The van der Waals surface area contributed by atoms with Crippen molar-refractivity contribution in [1.29, 1.82) is 0 Å². The second kappa shape index (κ2) is 10.1. The van der Waals surface area contributed by atoms with Crippen LogP contribution in [0.1, 0.15) is 31.2 Å². The summed E-state index contributed by atoms with van der Waals surface area (Å²) in [6.07, 6.45) is 6.50. The summed E-state index contributed by atoms with van der Waals surface area (Å²) in [5, 5.41) is 22.3. The Bertz CT molecular complexity index is 1070. The Hall–Kier alpha value is -2.96. The zero-order chi connectivity index (χ0) is 23.4. The van der Waals surface area contributed by atoms with Crippen LogP contribution in [0.3, 0.4) is 0 Å². The number of hydrogen-bond acceptors (Lipinski definition) is 6. The van der Waals surface area contributed by atoms with E-state index in [4.69, 9.17) is 0 Å². The summed E-state index contributed by atoms with van der Waals surface area (Å²) in [5.41, 5.74) is 4.11. The molecule has 2 aliphatic heterocycles. The third-order valence-electron chi connectivity index (χ3n) is 7.78. The molecule has 0 saturated carbocycles. The minimum Gasteiger partial charge on any atom is -0.507 e. The molecule has 1 aromatic heterocycles. The first-order valence-electron chi connectivity index (χ1n) is 12.5. The smallest absolute Gasteiger partial charge is 0.125 e. The van der Waals surface area contributed by atoms with E-state index in [1.54, 1.807) is 6.07 Å². The molecule has 0 aliphatic carbocycles. The lowest BCUT2D eigenvalue weighted by atomic mass is 9.72. The lowest BCUT2D eigenvalue weighted by molar-refractivity contribution is 0.141. The highest BCUT2D eigenvalue weighted by molar-refractivity contribution is 5.69. The number of piperidine rings is 2. The number of nitrogens with zero attached hydrogens (tertiary/aromatic N) is 4. The second-order valence-electron chi connectivity index (χ2n) is 9.85. The first-order chi connectivity index (χ1) is 16.6. The number of benzene rings is 2. The van der Waals surface area contributed by atoms with Crippen LogP contribution < -0.4 is 10.2 Å². The lowest BCUT2D eigenvalue weighted by Crippen LogP contribution is -2.51. The molecule has 3 aromatic rings. The molecular weight excluding hydrogens is 422 g/mol. The molecule has 5 rings (SSSR count). The summed E-state index contributed by atoms with van der Waals surface area (Å²) in [5.74, 6) is 0.233. The average Bonchev–Trinajstić information content (AvgIpc) is 2.90. The van der Waals surface area contributed by atoms with Gasteiger partial charge in [-0.3, -0.25) is 0 Å². The number of para-hydroxylation sites is 1. The number of nitrogens with one attached hydrogen (secondary N) is 1. The van der Waals surface area contributed by atoms with Crippen LogP contribution in [-0.2, 0) is 5.41 Å². The van der Waals surface area contributed by atoms with Crippen molar-refractivity contribution in [2.75, 3.05) is 44.7 Å². The summed E-state index contributed by atoms with van der Waals surface area (Å²) >= 11 is 0. The molecule has 2 aliphatic rings. The molecule has 0 bridgehead atoms. The molecule has 6 heteroatoms. The van der Waals surface area contributed by atoms with Crippen LogP contribution in [-0.4, -0.2) is 66.0 Å². The number of anilines is 1. The maximum atomic E-state index is 10.3. The SMILES string of the molecule is CN(CC1(c2ccccc2)CCN(c2cnnc(-c3ccccc3O)c2)CC1)C1CCNCC1. The van der Waals surface area contributed by atoms with E-state index in [1.165, 1.54) is 18.4 Å². The largest absolute Gasteiger partial charge is 0.507 e. The lowest BCUT2D eigenvalue weighted by Gasteiger charge is -2.46. The number of phenols is 1. The predicted octanol–water partition coefficient (Wildman–Crippen LogP) is 4.07. The van der Waals surface area contributed by atoms with Crippen LogP contribution in [0.2, 0.25) is 0 Å². The van der Waals surface area contributed by atoms with Crippen LogP contribution in [0.5, 0.6) is 5.75 Å². The van der Waals surface area contributed by atoms with Gasteiger partial charge in [0.05, 0.1) is 17.6 Å². The summed E-state index contributed by atoms with van der Waals surface area (Å²) in [4.78, 5) is 5.04. The Morgan fingerprint density at radius 2 is 1.74 bits per heavy atom. The molecule has 3 heterocycles. The van der Waals surface area contributed by atoms with Crippen LogP contribution in [0.15, 0.2) is 66.9 Å². The monoisotopic (exact) mass is 457 g/mol. The van der Waals surface area contributed by atoms with Gasteiger partial charge in [0.1, 0.15) is 5.75 Å². The van der Waals surface area contributed by atoms with Crippen molar-refractivity contribution in [2.24, 2.45) is 0 Å². The van der Waals surface area contributed by atoms with Gasteiger partial charge >= 0.3 is 0 Å². The van der Waals surface area contributed by atoms with Gasteiger partial charge in [-0.05, 0) is 69.6 Å². The van der Waals surface area contributed by atoms with Crippen molar-refractivity contribution in [2.45, 2.75) is 37.1 Å². The van der Waals surface area contributed by atoms with E-state index in [0.717, 1.165) is 56.8 Å². The summed E-state index contributed by atoms with van der Waals surface area (Å²) in [7, 11) is 2.32. The molecule has 0 radical (unpaired) electrons.